The van der Waals surface area contributed by atoms with Crippen LogP contribution in [0, 0.1) is 0 Å². The Morgan fingerprint density at radius 2 is 1.82 bits per heavy atom. The molecule has 8 nitrogen and oxygen atoms in total. The summed E-state index contributed by atoms with van der Waals surface area (Å²) in [6.45, 7) is 5.26. The quantitative estimate of drug-likeness (QED) is 0.177. The summed E-state index contributed by atoms with van der Waals surface area (Å²) in [7, 11) is 0. The molecule has 0 unspecified atom stereocenters. The van der Waals surface area contributed by atoms with E-state index < -0.39 is 0 Å². The number of halogens is 3. The van der Waals surface area contributed by atoms with Gasteiger partial charge in [-0.15, -0.1) is 11.3 Å². The van der Waals surface area contributed by atoms with E-state index in [0.717, 1.165) is 60.5 Å². The molecule has 3 heterocycles. The van der Waals surface area contributed by atoms with E-state index in [2.05, 4.69) is 36.8 Å². The van der Waals surface area contributed by atoms with Gasteiger partial charge in [0.15, 0.2) is 5.82 Å². The van der Waals surface area contributed by atoms with Crippen molar-refractivity contribution in [1.29, 1.82) is 0 Å². The second kappa shape index (κ2) is 12.6. The number of benzene rings is 2. The number of nitrogens with zero attached hydrogens (tertiary/aromatic N) is 3. The number of morpholine rings is 1. The molecule has 198 valence electrons. The van der Waals surface area contributed by atoms with Crippen LogP contribution in [0.2, 0.25) is 9.36 Å². The maximum atomic E-state index is 12.4. The number of para-hydroxylation sites is 1. The minimum atomic E-state index is -0.342. The number of anilines is 3. The third kappa shape index (κ3) is 6.56. The number of thiophene rings is 1. The zero-order valence-corrected chi connectivity index (χ0v) is 24.2. The van der Waals surface area contributed by atoms with Crippen LogP contribution in [-0.2, 0) is 4.74 Å². The third-order valence-corrected chi connectivity index (χ3v) is 8.67. The number of carbonyl (C=O) groups is 1. The Morgan fingerprint density at radius 1 is 1.05 bits per heavy atom. The van der Waals surface area contributed by atoms with E-state index >= 15 is 0 Å². The van der Waals surface area contributed by atoms with Gasteiger partial charge >= 0.3 is 6.03 Å². The third-order valence-electron chi connectivity index (χ3n) is 6.01. The largest absolute Gasteiger partial charge is 0.379 e. The maximum absolute atomic E-state index is 12.4. The van der Waals surface area contributed by atoms with Crippen LogP contribution in [0.3, 0.4) is 0 Å². The summed E-state index contributed by atoms with van der Waals surface area (Å²) < 4.78 is 7.54. The fraction of sp³-hybridized carbons (Fsp3) is 0.269. The average molecular weight is 636 g/mol. The lowest BCUT2D eigenvalue weighted by Gasteiger charge is -2.26. The van der Waals surface area contributed by atoms with E-state index in [1.165, 1.54) is 11.3 Å². The molecule has 0 atom stereocenters. The molecule has 38 heavy (non-hydrogen) atoms. The number of fused-ring (bicyclic) bond motifs is 1. The molecule has 5 rings (SSSR count). The molecule has 2 amide bonds. The van der Waals surface area contributed by atoms with Crippen LogP contribution in [0.4, 0.5) is 22.0 Å². The van der Waals surface area contributed by atoms with Gasteiger partial charge in [0.1, 0.15) is 15.7 Å². The topological polar surface area (TPSA) is 91.4 Å². The normalized spacial score (nSPS) is 14.0. The van der Waals surface area contributed by atoms with Crippen LogP contribution in [0.25, 0.3) is 21.6 Å². The summed E-state index contributed by atoms with van der Waals surface area (Å²) in [6.07, 6.45) is 0.968. The van der Waals surface area contributed by atoms with Crippen molar-refractivity contribution in [2.45, 2.75) is 6.42 Å². The molecular weight excluding hydrogens is 611 g/mol. The molecule has 2 aromatic carbocycles. The Hall–Kier alpha value is -2.47. The van der Waals surface area contributed by atoms with Gasteiger partial charge in [-0.3, -0.25) is 4.90 Å². The zero-order valence-electron chi connectivity index (χ0n) is 20.3. The number of aromatic nitrogens is 2. The van der Waals surface area contributed by atoms with Crippen molar-refractivity contribution >= 4 is 83.9 Å². The van der Waals surface area contributed by atoms with Gasteiger partial charge in [0, 0.05) is 35.4 Å². The highest BCUT2D eigenvalue weighted by molar-refractivity contribution is 9.10. The lowest BCUT2D eigenvalue weighted by atomic mass is 10.2. The molecule has 1 saturated heterocycles. The monoisotopic (exact) mass is 634 g/mol. The predicted molar refractivity (Wildman–Crippen MR) is 160 cm³/mol. The lowest BCUT2D eigenvalue weighted by molar-refractivity contribution is 0.0378. The van der Waals surface area contributed by atoms with Gasteiger partial charge < -0.3 is 20.7 Å². The van der Waals surface area contributed by atoms with Gasteiger partial charge in [0.05, 0.1) is 28.6 Å². The highest BCUT2D eigenvalue weighted by atomic mass is 79.9. The number of carbonyl (C=O) groups excluding carboxylic acids is 1. The van der Waals surface area contributed by atoms with Crippen molar-refractivity contribution in [2.75, 3.05) is 55.3 Å². The number of urea groups is 1. The van der Waals surface area contributed by atoms with Crippen LogP contribution in [0.15, 0.2) is 53.0 Å². The first-order valence-electron chi connectivity index (χ1n) is 12.1. The van der Waals surface area contributed by atoms with Gasteiger partial charge in [-0.2, -0.15) is 0 Å². The van der Waals surface area contributed by atoms with Gasteiger partial charge in [0.25, 0.3) is 0 Å². The molecule has 0 aliphatic carbocycles. The van der Waals surface area contributed by atoms with Gasteiger partial charge in [-0.25, -0.2) is 14.8 Å². The van der Waals surface area contributed by atoms with E-state index in [0.29, 0.717) is 37.9 Å². The molecule has 1 fully saturated rings. The van der Waals surface area contributed by atoms with E-state index in [4.69, 9.17) is 37.9 Å². The fourth-order valence-electron chi connectivity index (χ4n) is 4.06. The van der Waals surface area contributed by atoms with Crippen LogP contribution in [-0.4, -0.2) is 60.3 Å². The van der Waals surface area contributed by atoms with E-state index in [-0.39, 0.29) is 6.03 Å². The number of ether oxygens (including phenoxy) is 1. The SMILES string of the molecule is O=C(Nc1ccc(-c2nc(NCCCN3CCOCC3)c3sc(Cl)c(Cl)c3n2)cc1)Nc1ccccc1Br. The summed E-state index contributed by atoms with van der Waals surface area (Å²) in [5, 5.41) is 9.54. The predicted octanol–water partition coefficient (Wildman–Crippen LogP) is 7.21. The molecule has 4 aromatic rings. The smallest absolute Gasteiger partial charge is 0.323 e. The molecule has 0 radical (unpaired) electrons. The van der Waals surface area contributed by atoms with Crippen molar-refractivity contribution in [3.05, 3.63) is 62.4 Å². The number of amides is 2. The summed E-state index contributed by atoms with van der Waals surface area (Å²) in [5.41, 5.74) is 2.73. The highest BCUT2D eigenvalue weighted by Gasteiger charge is 2.18. The lowest BCUT2D eigenvalue weighted by Crippen LogP contribution is -2.37. The van der Waals surface area contributed by atoms with Gasteiger partial charge in [-0.05, 0) is 65.3 Å². The fourth-order valence-corrected chi connectivity index (χ4v) is 5.89. The van der Waals surface area contributed by atoms with E-state index in [9.17, 15) is 4.79 Å². The second-order valence-corrected chi connectivity index (χ2v) is 11.5. The van der Waals surface area contributed by atoms with Gasteiger partial charge in [-0.1, -0.05) is 35.3 Å². The Labute approximate surface area is 242 Å². The van der Waals surface area contributed by atoms with E-state index in [1.54, 1.807) is 12.1 Å². The summed E-state index contributed by atoms with van der Waals surface area (Å²) in [5.74, 6) is 1.23. The van der Waals surface area contributed by atoms with Crippen LogP contribution < -0.4 is 16.0 Å². The standard InChI is InChI=1S/C26H25BrCl2N6O2S/c27-18-4-1-2-5-19(18)32-26(36)31-17-8-6-16(7-9-17)24-33-21-20(28)23(29)38-22(21)25(34-24)30-10-3-11-35-12-14-37-15-13-35/h1-2,4-9H,3,10-15H2,(H,30,33,34)(H2,31,32,36). The van der Waals surface area contributed by atoms with Crippen molar-refractivity contribution < 1.29 is 9.53 Å². The van der Waals surface area contributed by atoms with Crippen LogP contribution in [0.5, 0.6) is 0 Å². The Balaban J connectivity index is 1.29. The molecule has 2 aromatic heterocycles. The molecule has 1 aliphatic heterocycles. The number of nitrogens with one attached hydrogen (secondary N) is 3. The molecular formula is C26H25BrCl2N6O2S. The Bertz CT molecular complexity index is 1430. The van der Waals surface area contributed by atoms with Crippen molar-refractivity contribution in [1.82, 2.24) is 14.9 Å². The van der Waals surface area contributed by atoms with Crippen molar-refractivity contribution in [2.24, 2.45) is 0 Å². The van der Waals surface area contributed by atoms with Crippen molar-refractivity contribution in [3.63, 3.8) is 0 Å². The first kappa shape index (κ1) is 27.1. The Morgan fingerprint density at radius 3 is 2.58 bits per heavy atom. The minimum absolute atomic E-state index is 0.342. The van der Waals surface area contributed by atoms with Crippen LogP contribution in [0.1, 0.15) is 6.42 Å². The average Bonchev–Trinajstić information content (AvgIpc) is 3.22. The molecule has 0 bridgehead atoms. The number of rotatable bonds is 8. The number of hydrogen-bond donors (Lipinski definition) is 3. The van der Waals surface area contributed by atoms with Gasteiger partial charge in [0.2, 0.25) is 0 Å². The second-order valence-electron chi connectivity index (χ2n) is 8.63. The molecule has 0 saturated carbocycles. The summed E-state index contributed by atoms with van der Waals surface area (Å²) >= 11 is 17.6. The van der Waals surface area contributed by atoms with Crippen molar-refractivity contribution in [3.8, 4) is 11.4 Å². The molecule has 3 N–H and O–H groups in total. The summed E-state index contributed by atoms with van der Waals surface area (Å²) in [6, 6.07) is 14.4. The van der Waals surface area contributed by atoms with Crippen LogP contribution >= 0.6 is 50.5 Å². The highest BCUT2D eigenvalue weighted by Crippen LogP contribution is 2.41. The summed E-state index contributed by atoms with van der Waals surface area (Å²) in [4.78, 5) is 24.3. The Kier molecular flexibility index (Phi) is 8.98. The molecule has 12 heteroatoms. The number of hydrogen-bond acceptors (Lipinski definition) is 7. The molecule has 1 aliphatic rings. The van der Waals surface area contributed by atoms with E-state index in [1.807, 2.05) is 36.4 Å². The zero-order chi connectivity index (χ0) is 26.5. The first-order chi connectivity index (χ1) is 18.5. The first-order valence-corrected chi connectivity index (χ1v) is 14.5. The minimum Gasteiger partial charge on any atom is -0.379 e. The maximum Gasteiger partial charge on any atom is 0.323 e. The molecule has 0 spiro atoms.